The Hall–Kier alpha value is -0.520. The Kier molecular flexibility index (Phi) is 4.10. The Balaban J connectivity index is 3.82. The Morgan fingerprint density at radius 1 is 1.40 bits per heavy atom. The maximum atomic E-state index is 11.8. The van der Waals surface area contributed by atoms with Gasteiger partial charge in [0.2, 0.25) is 0 Å². The van der Waals surface area contributed by atoms with Crippen LogP contribution in [0.5, 0.6) is 0 Å². The molecular formula is C4H5F3NOS-. The van der Waals surface area contributed by atoms with Gasteiger partial charge in [-0.25, -0.2) is 4.39 Å². The molecule has 2 nitrogen and oxygen atoms in total. The first-order valence-electron chi connectivity index (χ1n) is 2.33. The largest absolute Gasteiger partial charge is 0.445 e. The molecule has 0 bridgehead atoms. The molecule has 0 radical (unpaired) electrons. The van der Waals surface area contributed by atoms with Crippen molar-refractivity contribution in [1.29, 1.82) is 4.78 Å². The van der Waals surface area contributed by atoms with Crippen molar-refractivity contribution in [3.05, 3.63) is 11.9 Å². The first-order chi connectivity index (χ1) is 4.54. The molecule has 0 aromatic rings. The van der Waals surface area contributed by atoms with Crippen molar-refractivity contribution in [3.8, 4) is 0 Å². The van der Waals surface area contributed by atoms with Gasteiger partial charge in [-0.2, -0.15) is 19.4 Å². The Bertz CT molecular complexity index is 199. The van der Waals surface area contributed by atoms with Gasteiger partial charge in [-0.3, -0.25) is 0 Å². The number of halogens is 3. The molecule has 0 heterocycles. The van der Waals surface area contributed by atoms with E-state index in [1.807, 2.05) is 0 Å². The van der Waals surface area contributed by atoms with E-state index in [0.29, 0.717) is 0 Å². The second-order valence-electron chi connectivity index (χ2n) is 1.46. The van der Waals surface area contributed by atoms with Crippen LogP contribution in [0.3, 0.4) is 0 Å². The molecule has 0 aromatic heterocycles. The summed E-state index contributed by atoms with van der Waals surface area (Å²) in [5, 5.41) is 0. The van der Waals surface area contributed by atoms with Gasteiger partial charge in [-0.15, -0.1) is 0 Å². The molecule has 10 heavy (non-hydrogen) atoms. The van der Waals surface area contributed by atoms with Crippen molar-refractivity contribution in [1.82, 2.24) is 0 Å². The van der Waals surface area contributed by atoms with Gasteiger partial charge in [-0.1, -0.05) is 5.75 Å². The van der Waals surface area contributed by atoms with E-state index in [9.17, 15) is 17.4 Å². The van der Waals surface area contributed by atoms with E-state index in [1.54, 1.807) is 0 Å². The van der Waals surface area contributed by atoms with Gasteiger partial charge in [0.15, 0.2) is 5.83 Å². The highest BCUT2D eigenvalue weighted by atomic mass is 32.2. The maximum absolute atomic E-state index is 11.8. The molecule has 6 heteroatoms. The third-order valence-electron chi connectivity index (χ3n) is 0.712. The second kappa shape index (κ2) is 4.32. The minimum atomic E-state index is -2.40. The van der Waals surface area contributed by atoms with E-state index in [4.69, 9.17) is 4.78 Å². The van der Waals surface area contributed by atoms with Gasteiger partial charge in [0.1, 0.15) is 0 Å². The van der Waals surface area contributed by atoms with Crippen LogP contribution in [0, 0.1) is 4.78 Å². The van der Waals surface area contributed by atoms with Gasteiger partial charge in [0, 0.05) is 0 Å². The molecule has 1 N–H and O–H groups in total. The van der Waals surface area contributed by atoms with Crippen molar-refractivity contribution in [3.63, 3.8) is 0 Å². The molecule has 0 aliphatic carbocycles. The van der Waals surface area contributed by atoms with Crippen molar-refractivity contribution < 1.29 is 17.4 Å². The van der Waals surface area contributed by atoms with E-state index in [-0.39, 0.29) is 5.75 Å². The van der Waals surface area contributed by atoms with Gasteiger partial charge in [0.25, 0.3) is 0 Å². The van der Waals surface area contributed by atoms with Crippen LogP contribution < -0.4 is 0 Å². The van der Waals surface area contributed by atoms with Crippen molar-refractivity contribution >= 4 is 10.6 Å². The van der Waals surface area contributed by atoms with E-state index in [2.05, 4.69) is 0 Å². The topological polar surface area (TPSA) is 40.9 Å². The zero-order chi connectivity index (χ0) is 8.15. The third kappa shape index (κ3) is 4.37. The van der Waals surface area contributed by atoms with Crippen LogP contribution in [0.2, 0.25) is 0 Å². The highest BCUT2D eigenvalue weighted by molar-refractivity contribution is 7.73. The molecule has 0 fully saturated rings. The van der Waals surface area contributed by atoms with Gasteiger partial charge < -0.3 is 8.99 Å². The number of allylic oxidation sites excluding steroid dienone is 1. The summed E-state index contributed by atoms with van der Waals surface area (Å²) in [5.74, 6) is -1.97. The molecule has 60 valence electrons. The summed E-state index contributed by atoms with van der Waals surface area (Å²) >= 11 is 0. The molecule has 0 amide bonds. The summed E-state index contributed by atoms with van der Waals surface area (Å²) < 4.78 is 50.5. The average Bonchev–Trinajstić information content (AvgIpc) is 1.82. The fraction of sp³-hybridized carbons (Fsp3) is 0.500. The fourth-order valence-corrected chi connectivity index (χ4v) is 0.641. The molecule has 0 atom stereocenters. The van der Waals surface area contributed by atoms with Crippen LogP contribution in [0.4, 0.5) is 13.2 Å². The van der Waals surface area contributed by atoms with E-state index < -0.39 is 28.9 Å². The van der Waals surface area contributed by atoms with E-state index in [1.165, 1.54) is 0 Å². The zero-order valence-electron chi connectivity index (χ0n) is 4.86. The van der Waals surface area contributed by atoms with E-state index in [0.717, 1.165) is 0 Å². The summed E-state index contributed by atoms with van der Waals surface area (Å²) in [6.45, 7) is 0. The first kappa shape index (κ1) is 9.48. The summed E-state index contributed by atoms with van der Waals surface area (Å²) in [7, 11) is -1.96. The predicted octanol–water partition coefficient (Wildman–Crippen LogP) is 2.18. The first-order valence-corrected chi connectivity index (χ1v) is 3.65. The molecule has 0 rings (SSSR count). The van der Waals surface area contributed by atoms with Crippen LogP contribution in [0.15, 0.2) is 11.9 Å². The summed E-state index contributed by atoms with van der Waals surface area (Å²) in [4.78, 5) is 0. The van der Waals surface area contributed by atoms with Crippen molar-refractivity contribution in [2.75, 3.05) is 5.75 Å². The number of rotatable bonds is 3. The van der Waals surface area contributed by atoms with Gasteiger partial charge >= 0.3 is 6.08 Å². The van der Waals surface area contributed by atoms with Crippen LogP contribution in [0.25, 0.3) is 0 Å². The van der Waals surface area contributed by atoms with Crippen molar-refractivity contribution in [2.45, 2.75) is 6.42 Å². The number of nitrogens with one attached hydrogen (secondary N) is 1. The standard InChI is InChI=1S/C4H5F3NOS/c5-3(4(6)7)1-2-10(8)9/h8H,1-2H2/q-1. The zero-order valence-corrected chi connectivity index (χ0v) is 5.68. The normalized spacial score (nSPS) is 10.0. The molecular weight excluding hydrogens is 167 g/mol. The van der Waals surface area contributed by atoms with Gasteiger partial charge in [-0.05, 0) is 6.42 Å². The Morgan fingerprint density at radius 3 is 2.20 bits per heavy atom. The van der Waals surface area contributed by atoms with Crippen molar-refractivity contribution in [2.24, 2.45) is 0 Å². The number of hydrogen-bond donors (Lipinski definition) is 1. The summed E-state index contributed by atoms with van der Waals surface area (Å²) in [6, 6.07) is 0. The van der Waals surface area contributed by atoms with Crippen LogP contribution in [-0.4, -0.2) is 5.75 Å². The molecule has 0 aliphatic rings. The lowest BCUT2D eigenvalue weighted by atomic mass is 10.4. The molecule has 0 unspecified atom stereocenters. The molecule has 0 aromatic carbocycles. The van der Waals surface area contributed by atoms with Crippen LogP contribution in [0.1, 0.15) is 6.42 Å². The van der Waals surface area contributed by atoms with E-state index >= 15 is 0 Å². The maximum Gasteiger partial charge on any atom is 0.301 e. The smallest absolute Gasteiger partial charge is 0.301 e. The molecule has 0 saturated carbocycles. The molecule has 0 aliphatic heterocycles. The highest BCUT2D eigenvalue weighted by Crippen LogP contribution is 2.12. The third-order valence-corrected chi connectivity index (χ3v) is 1.29. The molecule has 0 spiro atoms. The lowest BCUT2D eigenvalue weighted by molar-refractivity contribution is 0.373. The monoisotopic (exact) mass is 172 g/mol. The minimum Gasteiger partial charge on any atom is -0.445 e. The van der Waals surface area contributed by atoms with Crippen LogP contribution in [-0.2, 0) is 14.8 Å². The Labute approximate surface area is 57.7 Å². The average molecular weight is 172 g/mol. The predicted molar refractivity (Wildman–Crippen MR) is 30.6 cm³/mol. The minimum absolute atomic E-state index is 0.386. The molecule has 0 saturated heterocycles. The summed E-state index contributed by atoms with van der Waals surface area (Å²) in [5.41, 5.74) is 0. The second-order valence-corrected chi connectivity index (χ2v) is 2.56. The SMILES string of the molecule is N=[S-](=O)CCC(F)=C(F)F. The Morgan fingerprint density at radius 2 is 1.90 bits per heavy atom. The highest BCUT2D eigenvalue weighted by Gasteiger charge is 2.00. The van der Waals surface area contributed by atoms with Crippen LogP contribution >= 0.6 is 0 Å². The van der Waals surface area contributed by atoms with Gasteiger partial charge in [0.05, 0.1) is 0 Å². The lowest BCUT2D eigenvalue weighted by Crippen LogP contribution is -1.86. The fourth-order valence-electron chi connectivity index (χ4n) is 0.277. The summed E-state index contributed by atoms with van der Waals surface area (Å²) in [6.07, 6.45) is -3.02. The number of hydrogen-bond acceptors (Lipinski definition) is 3. The quantitative estimate of drug-likeness (QED) is 0.651. The lowest BCUT2D eigenvalue weighted by Gasteiger charge is -1.95.